The number of thioether (sulfide) groups is 1. The summed E-state index contributed by atoms with van der Waals surface area (Å²) in [6, 6.07) is 3.99. The average Bonchev–Trinajstić information content (AvgIpc) is 2.22. The van der Waals surface area contributed by atoms with E-state index in [0.717, 1.165) is 0 Å². The van der Waals surface area contributed by atoms with Crippen molar-refractivity contribution in [2.75, 3.05) is 6.26 Å². The lowest BCUT2D eigenvalue weighted by Crippen LogP contribution is -2.12. The first kappa shape index (κ1) is 11.2. The van der Waals surface area contributed by atoms with Crippen molar-refractivity contribution in [3.8, 4) is 17.7 Å². The molecule has 0 spiro atoms. The number of aromatic hydroxyl groups is 2. The molecule has 0 saturated carbocycles. The quantitative estimate of drug-likeness (QED) is 0.221. The van der Waals surface area contributed by atoms with Crippen LogP contribution in [-0.4, -0.2) is 21.6 Å². The van der Waals surface area contributed by atoms with Gasteiger partial charge in [-0.25, -0.2) is 4.99 Å². The molecule has 5 nitrogen and oxygen atoms in total. The van der Waals surface area contributed by atoms with Gasteiger partial charge >= 0.3 is 0 Å². The molecular formula is C9H9N3O2S. The summed E-state index contributed by atoms with van der Waals surface area (Å²) in [6.45, 7) is 0. The van der Waals surface area contributed by atoms with Gasteiger partial charge in [-0.2, -0.15) is 5.26 Å². The Labute approximate surface area is 91.1 Å². The van der Waals surface area contributed by atoms with E-state index in [4.69, 9.17) is 5.26 Å². The molecule has 15 heavy (non-hydrogen) atoms. The summed E-state index contributed by atoms with van der Waals surface area (Å²) in [5.74, 6) is -0.0527. The molecule has 1 aromatic carbocycles. The molecule has 1 aromatic rings. The Morgan fingerprint density at radius 1 is 1.53 bits per heavy atom. The van der Waals surface area contributed by atoms with Gasteiger partial charge in [-0.15, -0.1) is 0 Å². The number of hydrogen-bond acceptors (Lipinski definition) is 5. The number of benzene rings is 1. The molecular weight excluding hydrogens is 214 g/mol. The van der Waals surface area contributed by atoms with E-state index in [1.165, 1.54) is 30.0 Å². The second-order valence-corrected chi connectivity index (χ2v) is 3.33. The zero-order chi connectivity index (χ0) is 11.3. The van der Waals surface area contributed by atoms with Gasteiger partial charge in [-0.3, -0.25) is 5.32 Å². The van der Waals surface area contributed by atoms with Crippen molar-refractivity contribution in [3.63, 3.8) is 0 Å². The van der Waals surface area contributed by atoms with Crippen molar-refractivity contribution in [1.29, 1.82) is 5.26 Å². The molecule has 0 aliphatic heterocycles. The minimum absolute atomic E-state index is 0.00367. The number of nitriles is 1. The molecule has 0 unspecified atom stereocenters. The van der Waals surface area contributed by atoms with Crippen LogP contribution in [-0.2, 0) is 0 Å². The van der Waals surface area contributed by atoms with E-state index in [0.29, 0.717) is 5.17 Å². The fraction of sp³-hybridized carbons (Fsp3) is 0.111. The Morgan fingerprint density at radius 3 is 2.87 bits per heavy atom. The zero-order valence-electron chi connectivity index (χ0n) is 7.93. The molecule has 0 fully saturated rings. The Hall–Kier alpha value is -1.87. The van der Waals surface area contributed by atoms with Crippen LogP contribution in [0, 0.1) is 11.5 Å². The maximum atomic E-state index is 9.41. The highest BCUT2D eigenvalue weighted by atomic mass is 32.2. The van der Waals surface area contributed by atoms with Gasteiger partial charge in [0.15, 0.2) is 11.4 Å². The number of phenols is 2. The Bertz CT molecular complexity index is 426. The monoisotopic (exact) mass is 223 g/mol. The molecule has 1 rings (SSSR count). The number of amidine groups is 1. The first-order valence-electron chi connectivity index (χ1n) is 3.97. The molecule has 0 amide bonds. The SMILES string of the molecule is CSC(=Nc1cc(O)ccc1O)NC#N. The van der Waals surface area contributed by atoms with Gasteiger partial charge in [-0.1, -0.05) is 11.8 Å². The molecule has 0 aromatic heterocycles. The summed E-state index contributed by atoms with van der Waals surface area (Å²) in [4.78, 5) is 3.96. The lowest BCUT2D eigenvalue weighted by atomic mass is 10.3. The minimum Gasteiger partial charge on any atom is -0.508 e. The fourth-order valence-corrected chi connectivity index (χ4v) is 1.22. The van der Waals surface area contributed by atoms with E-state index in [1.807, 2.05) is 0 Å². The van der Waals surface area contributed by atoms with Crippen molar-refractivity contribution in [2.45, 2.75) is 0 Å². The third kappa shape index (κ3) is 3.07. The number of phenolic OH excluding ortho intramolecular Hbond substituents is 2. The van der Waals surface area contributed by atoms with Gasteiger partial charge in [0.1, 0.15) is 17.2 Å². The standard InChI is InChI=1S/C9H9N3O2S/c1-15-9(11-5-10)12-7-4-6(13)2-3-8(7)14/h2-4,13-14H,1H3,(H,11,12). The molecule has 0 aliphatic rings. The van der Waals surface area contributed by atoms with Crippen LogP contribution in [0.25, 0.3) is 0 Å². The van der Waals surface area contributed by atoms with Crippen LogP contribution < -0.4 is 5.32 Å². The van der Waals surface area contributed by atoms with Crippen LogP contribution in [0.15, 0.2) is 23.2 Å². The lowest BCUT2D eigenvalue weighted by Gasteiger charge is -2.02. The number of hydrogen-bond donors (Lipinski definition) is 3. The molecule has 78 valence electrons. The van der Waals surface area contributed by atoms with Crippen molar-refractivity contribution < 1.29 is 10.2 Å². The van der Waals surface area contributed by atoms with Crippen molar-refractivity contribution in [2.24, 2.45) is 4.99 Å². The highest BCUT2D eigenvalue weighted by Gasteiger charge is 2.03. The lowest BCUT2D eigenvalue weighted by molar-refractivity contribution is 0.461. The third-order valence-electron chi connectivity index (χ3n) is 1.54. The van der Waals surface area contributed by atoms with E-state index in [1.54, 1.807) is 12.4 Å². The largest absolute Gasteiger partial charge is 0.508 e. The van der Waals surface area contributed by atoms with Crippen molar-refractivity contribution in [1.82, 2.24) is 5.32 Å². The third-order valence-corrected chi connectivity index (χ3v) is 2.12. The normalized spacial score (nSPS) is 10.8. The summed E-state index contributed by atoms with van der Waals surface area (Å²) in [7, 11) is 0. The summed E-state index contributed by atoms with van der Waals surface area (Å²) in [6.07, 6.45) is 3.47. The van der Waals surface area contributed by atoms with Gasteiger partial charge in [0.25, 0.3) is 0 Å². The average molecular weight is 223 g/mol. The van der Waals surface area contributed by atoms with Crippen molar-refractivity contribution in [3.05, 3.63) is 18.2 Å². The number of aliphatic imine (C=N–C) groups is 1. The van der Waals surface area contributed by atoms with E-state index in [9.17, 15) is 10.2 Å². The van der Waals surface area contributed by atoms with Crippen LogP contribution >= 0.6 is 11.8 Å². The summed E-state index contributed by atoms with van der Waals surface area (Å²) >= 11 is 1.23. The van der Waals surface area contributed by atoms with Crippen LogP contribution in [0.2, 0.25) is 0 Å². The van der Waals surface area contributed by atoms with Gasteiger partial charge in [0.2, 0.25) is 0 Å². The predicted molar refractivity (Wildman–Crippen MR) is 59.1 cm³/mol. The van der Waals surface area contributed by atoms with E-state index in [2.05, 4.69) is 10.3 Å². The topological polar surface area (TPSA) is 88.6 Å². The van der Waals surface area contributed by atoms with Crippen LogP contribution in [0.5, 0.6) is 11.5 Å². The smallest absolute Gasteiger partial charge is 0.183 e. The Balaban J connectivity index is 3.05. The van der Waals surface area contributed by atoms with Crippen molar-refractivity contribution >= 4 is 22.6 Å². The van der Waals surface area contributed by atoms with Crippen LogP contribution in [0.4, 0.5) is 5.69 Å². The second kappa shape index (κ2) is 5.12. The second-order valence-electron chi connectivity index (χ2n) is 2.53. The maximum Gasteiger partial charge on any atom is 0.183 e. The molecule has 6 heteroatoms. The minimum atomic E-state index is -0.0564. The van der Waals surface area contributed by atoms with Gasteiger partial charge in [0, 0.05) is 6.07 Å². The molecule has 0 aliphatic carbocycles. The molecule has 3 N–H and O–H groups in total. The first-order chi connectivity index (χ1) is 7.17. The Morgan fingerprint density at radius 2 is 2.27 bits per heavy atom. The molecule has 0 heterocycles. The van der Waals surface area contributed by atoms with Crippen LogP contribution in [0.1, 0.15) is 0 Å². The predicted octanol–water partition coefficient (Wildman–Crippen LogP) is 1.52. The fourth-order valence-electron chi connectivity index (χ4n) is 0.883. The van der Waals surface area contributed by atoms with Crippen LogP contribution in [0.3, 0.4) is 0 Å². The highest BCUT2D eigenvalue weighted by molar-refractivity contribution is 8.13. The first-order valence-corrected chi connectivity index (χ1v) is 5.19. The molecule has 0 atom stereocenters. The molecule has 0 saturated heterocycles. The number of nitrogens with zero attached hydrogens (tertiary/aromatic N) is 2. The summed E-state index contributed by atoms with van der Waals surface area (Å²) < 4.78 is 0. The maximum absolute atomic E-state index is 9.41. The zero-order valence-corrected chi connectivity index (χ0v) is 8.75. The number of rotatable bonds is 1. The summed E-state index contributed by atoms with van der Waals surface area (Å²) in [5, 5.41) is 29.7. The molecule has 0 radical (unpaired) electrons. The molecule has 0 bridgehead atoms. The van der Waals surface area contributed by atoms with Gasteiger partial charge in [0.05, 0.1) is 0 Å². The van der Waals surface area contributed by atoms with E-state index >= 15 is 0 Å². The van der Waals surface area contributed by atoms with E-state index < -0.39 is 0 Å². The number of nitrogens with one attached hydrogen (secondary N) is 1. The van der Waals surface area contributed by atoms with Gasteiger partial charge in [-0.05, 0) is 18.4 Å². The van der Waals surface area contributed by atoms with E-state index in [-0.39, 0.29) is 17.2 Å². The Kier molecular flexibility index (Phi) is 3.83. The van der Waals surface area contributed by atoms with Gasteiger partial charge < -0.3 is 10.2 Å². The summed E-state index contributed by atoms with van der Waals surface area (Å²) in [5.41, 5.74) is 0.210. The highest BCUT2D eigenvalue weighted by Crippen LogP contribution is 2.30.